The molecular formula is C12H26O5. The van der Waals surface area contributed by atoms with Crippen LogP contribution in [0.15, 0.2) is 0 Å². The first-order chi connectivity index (χ1) is 8.35. The molecule has 17 heavy (non-hydrogen) atoms. The maximum Gasteiger partial charge on any atom is 0.0807 e. The largest absolute Gasteiger partial charge is 0.394 e. The lowest BCUT2D eigenvalue weighted by Crippen LogP contribution is -2.22. The average Bonchev–Trinajstić information content (AvgIpc) is 2.35. The Kier molecular flexibility index (Phi) is 13.7. The summed E-state index contributed by atoms with van der Waals surface area (Å²) in [4.78, 5) is 0. The average molecular weight is 250 g/mol. The SMILES string of the molecule is CCOCCOCCOC(CC)COCCO. The maximum atomic E-state index is 8.57. The van der Waals surface area contributed by atoms with E-state index in [1.807, 2.05) is 13.8 Å². The zero-order valence-corrected chi connectivity index (χ0v) is 11.0. The Morgan fingerprint density at radius 1 is 0.882 bits per heavy atom. The van der Waals surface area contributed by atoms with E-state index in [1.165, 1.54) is 0 Å². The Bertz CT molecular complexity index is 143. The molecule has 0 aliphatic carbocycles. The highest BCUT2D eigenvalue weighted by atomic mass is 16.6. The van der Waals surface area contributed by atoms with Gasteiger partial charge in [-0.1, -0.05) is 6.92 Å². The van der Waals surface area contributed by atoms with Crippen LogP contribution in [0, 0.1) is 0 Å². The zero-order valence-electron chi connectivity index (χ0n) is 11.0. The minimum atomic E-state index is 0.0526. The van der Waals surface area contributed by atoms with Crippen molar-refractivity contribution in [2.75, 3.05) is 52.9 Å². The molecule has 0 aliphatic rings. The van der Waals surface area contributed by atoms with Crippen molar-refractivity contribution in [3.63, 3.8) is 0 Å². The molecule has 0 fully saturated rings. The first-order valence-corrected chi connectivity index (χ1v) is 6.30. The van der Waals surface area contributed by atoms with Crippen molar-refractivity contribution >= 4 is 0 Å². The molecule has 0 radical (unpaired) electrons. The van der Waals surface area contributed by atoms with Gasteiger partial charge < -0.3 is 24.1 Å². The van der Waals surface area contributed by atoms with Gasteiger partial charge in [-0.15, -0.1) is 0 Å². The molecule has 0 amide bonds. The molecule has 5 heteroatoms. The monoisotopic (exact) mass is 250 g/mol. The zero-order chi connectivity index (χ0) is 12.8. The fraction of sp³-hybridized carbons (Fsp3) is 1.00. The van der Waals surface area contributed by atoms with Crippen LogP contribution in [0.3, 0.4) is 0 Å². The van der Waals surface area contributed by atoms with E-state index in [2.05, 4.69) is 0 Å². The molecule has 0 saturated carbocycles. The second-order valence-corrected chi connectivity index (χ2v) is 3.51. The summed E-state index contributed by atoms with van der Waals surface area (Å²) in [7, 11) is 0. The Balaban J connectivity index is 3.25. The molecule has 0 aromatic rings. The predicted octanol–water partition coefficient (Wildman–Crippen LogP) is 0.844. The van der Waals surface area contributed by atoms with E-state index >= 15 is 0 Å². The molecule has 0 bridgehead atoms. The number of hydrogen-bond donors (Lipinski definition) is 1. The summed E-state index contributed by atoms with van der Waals surface area (Å²) in [6.45, 7) is 8.04. The Labute approximate surface area is 104 Å². The predicted molar refractivity (Wildman–Crippen MR) is 65.2 cm³/mol. The van der Waals surface area contributed by atoms with Gasteiger partial charge in [-0.2, -0.15) is 0 Å². The molecule has 0 rings (SSSR count). The summed E-state index contributed by atoms with van der Waals surface area (Å²) in [6.07, 6.45) is 0.974. The van der Waals surface area contributed by atoms with E-state index in [1.54, 1.807) is 0 Å². The summed E-state index contributed by atoms with van der Waals surface area (Å²) in [5, 5.41) is 8.57. The van der Waals surface area contributed by atoms with Gasteiger partial charge in [-0.05, 0) is 13.3 Å². The fourth-order valence-electron chi connectivity index (χ4n) is 1.20. The van der Waals surface area contributed by atoms with E-state index < -0.39 is 0 Å². The Morgan fingerprint density at radius 3 is 2.24 bits per heavy atom. The van der Waals surface area contributed by atoms with Crippen LogP contribution in [0.1, 0.15) is 20.3 Å². The van der Waals surface area contributed by atoms with E-state index in [0.717, 1.165) is 13.0 Å². The summed E-state index contributed by atoms with van der Waals surface area (Å²) >= 11 is 0. The third-order valence-electron chi connectivity index (χ3n) is 2.15. The van der Waals surface area contributed by atoms with E-state index in [0.29, 0.717) is 39.6 Å². The minimum absolute atomic E-state index is 0.0526. The topological polar surface area (TPSA) is 57.2 Å². The van der Waals surface area contributed by atoms with Gasteiger partial charge in [0.2, 0.25) is 0 Å². The molecule has 1 unspecified atom stereocenters. The Morgan fingerprint density at radius 2 is 1.59 bits per heavy atom. The molecule has 1 N–H and O–H groups in total. The first-order valence-electron chi connectivity index (χ1n) is 6.30. The van der Waals surface area contributed by atoms with Crippen molar-refractivity contribution in [2.45, 2.75) is 26.4 Å². The highest BCUT2D eigenvalue weighted by Gasteiger charge is 2.06. The highest BCUT2D eigenvalue weighted by molar-refractivity contribution is 4.53. The van der Waals surface area contributed by atoms with Crippen LogP contribution in [0.25, 0.3) is 0 Å². The third-order valence-corrected chi connectivity index (χ3v) is 2.15. The molecule has 104 valence electrons. The summed E-state index contributed by atoms with van der Waals surface area (Å²) < 4.78 is 21.2. The van der Waals surface area contributed by atoms with Crippen molar-refractivity contribution in [3.05, 3.63) is 0 Å². The van der Waals surface area contributed by atoms with Gasteiger partial charge in [0, 0.05) is 6.61 Å². The van der Waals surface area contributed by atoms with Crippen LogP contribution in [-0.2, 0) is 18.9 Å². The van der Waals surface area contributed by atoms with Crippen molar-refractivity contribution < 1.29 is 24.1 Å². The van der Waals surface area contributed by atoms with Gasteiger partial charge in [0.05, 0.1) is 52.4 Å². The normalized spacial score (nSPS) is 12.9. The van der Waals surface area contributed by atoms with Gasteiger partial charge in [0.25, 0.3) is 0 Å². The molecular weight excluding hydrogens is 224 g/mol. The summed E-state index contributed by atoms with van der Waals surface area (Å²) in [5.41, 5.74) is 0. The van der Waals surface area contributed by atoms with Crippen LogP contribution in [-0.4, -0.2) is 64.1 Å². The second kappa shape index (κ2) is 13.9. The first kappa shape index (κ1) is 16.8. The minimum Gasteiger partial charge on any atom is -0.394 e. The lowest BCUT2D eigenvalue weighted by molar-refractivity contribution is -0.0482. The second-order valence-electron chi connectivity index (χ2n) is 3.51. The standard InChI is InChI=1S/C12H26O5/c1-3-12(11-16-6-5-13)17-10-9-15-8-7-14-4-2/h12-13H,3-11H2,1-2H3. The number of rotatable bonds is 13. The van der Waals surface area contributed by atoms with Crippen LogP contribution >= 0.6 is 0 Å². The van der Waals surface area contributed by atoms with Crippen molar-refractivity contribution in [2.24, 2.45) is 0 Å². The van der Waals surface area contributed by atoms with Gasteiger partial charge in [-0.3, -0.25) is 0 Å². The van der Waals surface area contributed by atoms with Gasteiger partial charge >= 0.3 is 0 Å². The van der Waals surface area contributed by atoms with Crippen LogP contribution < -0.4 is 0 Å². The molecule has 0 aromatic carbocycles. The number of hydrogen-bond acceptors (Lipinski definition) is 5. The van der Waals surface area contributed by atoms with Gasteiger partial charge in [0.15, 0.2) is 0 Å². The van der Waals surface area contributed by atoms with Gasteiger partial charge in [0.1, 0.15) is 0 Å². The quantitative estimate of drug-likeness (QED) is 0.491. The van der Waals surface area contributed by atoms with Crippen molar-refractivity contribution in [1.82, 2.24) is 0 Å². The van der Waals surface area contributed by atoms with Crippen LogP contribution in [0.4, 0.5) is 0 Å². The number of ether oxygens (including phenoxy) is 4. The molecule has 0 spiro atoms. The van der Waals surface area contributed by atoms with Crippen LogP contribution in [0.2, 0.25) is 0 Å². The fourth-order valence-corrected chi connectivity index (χ4v) is 1.20. The molecule has 0 aliphatic heterocycles. The van der Waals surface area contributed by atoms with Crippen molar-refractivity contribution in [3.8, 4) is 0 Å². The lowest BCUT2D eigenvalue weighted by atomic mass is 10.3. The Hall–Kier alpha value is -0.200. The summed E-state index contributed by atoms with van der Waals surface area (Å²) in [5.74, 6) is 0. The van der Waals surface area contributed by atoms with Crippen LogP contribution in [0.5, 0.6) is 0 Å². The van der Waals surface area contributed by atoms with E-state index in [4.69, 9.17) is 24.1 Å². The summed E-state index contributed by atoms with van der Waals surface area (Å²) in [6, 6.07) is 0. The molecule has 0 saturated heterocycles. The lowest BCUT2D eigenvalue weighted by Gasteiger charge is -2.16. The molecule has 0 aromatic heterocycles. The number of aliphatic hydroxyl groups excluding tert-OH is 1. The maximum absolute atomic E-state index is 8.57. The molecule has 5 nitrogen and oxygen atoms in total. The van der Waals surface area contributed by atoms with E-state index in [9.17, 15) is 0 Å². The smallest absolute Gasteiger partial charge is 0.0807 e. The molecule has 0 heterocycles. The number of aliphatic hydroxyl groups is 1. The molecule has 1 atom stereocenters. The van der Waals surface area contributed by atoms with E-state index in [-0.39, 0.29) is 12.7 Å². The van der Waals surface area contributed by atoms with Crippen molar-refractivity contribution in [1.29, 1.82) is 0 Å². The third kappa shape index (κ3) is 12.1. The van der Waals surface area contributed by atoms with Gasteiger partial charge in [-0.25, -0.2) is 0 Å². The highest BCUT2D eigenvalue weighted by Crippen LogP contribution is 1.98.